The van der Waals surface area contributed by atoms with Gasteiger partial charge in [-0.25, -0.2) is 8.42 Å². The van der Waals surface area contributed by atoms with Gasteiger partial charge in [0.25, 0.3) is 5.69 Å². The zero-order valence-electron chi connectivity index (χ0n) is 11.1. The molecule has 0 saturated heterocycles. The summed E-state index contributed by atoms with van der Waals surface area (Å²) in [6.45, 7) is 1.31. The highest BCUT2D eigenvalue weighted by Gasteiger charge is 2.28. The average molecular weight is 304 g/mol. The van der Waals surface area contributed by atoms with Crippen molar-refractivity contribution in [2.75, 3.05) is 26.8 Å². The Morgan fingerprint density at radius 3 is 2.55 bits per heavy atom. The van der Waals surface area contributed by atoms with Gasteiger partial charge in [0.15, 0.2) is 0 Å². The fraction of sp³-hybridized carbons (Fsp3) is 0.455. The van der Waals surface area contributed by atoms with Crippen LogP contribution in [0.4, 0.5) is 5.69 Å². The Hall–Kier alpha value is -1.71. The van der Waals surface area contributed by atoms with Crippen LogP contribution in [-0.4, -0.2) is 49.6 Å². The summed E-state index contributed by atoms with van der Waals surface area (Å²) in [6.07, 6.45) is 0. The number of methoxy groups -OCH3 is 1. The summed E-state index contributed by atoms with van der Waals surface area (Å²) in [5.41, 5.74) is -0.343. The number of likely N-dealkylation sites (N-methyl/N-ethyl adjacent to an activating group) is 1. The fourth-order valence-corrected chi connectivity index (χ4v) is 3.29. The molecule has 9 heteroatoms. The van der Waals surface area contributed by atoms with E-state index in [9.17, 15) is 18.5 Å². The number of rotatable bonds is 7. The summed E-state index contributed by atoms with van der Waals surface area (Å²) < 4.78 is 30.8. The minimum absolute atomic E-state index is 0.0204. The van der Waals surface area contributed by atoms with Crippen molar-refractivity contribution in [2.24, 2.45) is 0 Å². The smallest absolute Gasteiger partial charge is 0.271 e. The van der Waals surface area contributed by atoms with Crippen LogP contribution in [0.1, 0.15) is 6.92 Å². The largest absolute Gasteiger partial charge is 0.495 e. The van der Waals surface area contributed by atoms with Crippen LogP contribution in [0.5, 0.6) is 5.75 Å². The third kappa shape index (κ3) is 3.24. The summed E-state index contributed by atoms with van der Waals surface area (Å²) in [6, 6.07) is 3.35. The lowest BCUT2D eigenvalue weighted by Gasteiger charge is -2.20. The maximum absolute atomic E-state index is 12.4. The number of aliphatic hydroxyl groups is 1. The first-order valence-corrected chi connectivity index (χ1v) is 7.26. The number of aliphatic hydroxyl groups excluding tert-OH is 1. The quantitative estimate of drug-likeness (QED) is 0.583. The van der Waals surface area contributed by atoms with E-state index in [1.165, 1.54) is 19.2 Å². The number of hydrogen-bond acceptors (Lipinski definition) is 6. The van der Waals surface area contributed by atoms with Gasteiger partial charge in [0.2, 0.25) is 10.0 Å². The van der Waals surface area contributed by atoms with E-state index >= 15 is 0 Å². The van der Waals surface area contributed by atoms with Gasteiger partial charge < -0.3 is 9.84 Å². The lowest BCUT2D eigenvalue weighted by molar-refractivity contribution is -0.385. The second-order valence-corrected chi connectivity index (χ2v) is 5.72. The standard InChI is InChI=1S/C11H16N2O6S/c1-3-12(6-7-14)20(17,18)11-8-9(13(15)16)4-5-10(11)19-2/h4-5,8,14H,3,6-7H2,1-2H3. The Morgan fingerprint density at radius 2 is 2.10 bits per heavy atom. The molecule has 1 aromatic carbocycles. The van der Waals surface area contributed by atoms with Gasteiger partial charge in [-0.3, -0.25) is 10.1 Å². The summed E-state index contributed by atoms with van der Waals surface area (Å²) in [7, 11) is -2.69. The molecule has 0 bridgehead atoms. The first-order chi connectivity index (χ1) is 9.38. The van der Waals surface area contributed by atoms with Gasteiger partial charge in [0.05, 0.1) is 18.6 Å². The lowest BCUT2D eigenvalue weighted by atomic mass is 10.3. The molecule has 0 heterocycles. The van der Waals surface area contributed by atoms with E-state index in [1.54, 1.807) is 6.92 Å². The zero-order chi connectivity index (χ0) is 15.3. The van der Waals surface area contributed by atoms with Crippen molar-refractivity contribution < 1.29 is 23.2 Å². The summed E-state index contributed by atoms with van der Waals surface area (Å²) in [5, 5.41) is 19.7. The molecule has 0 spiro atoms. The number of nitro groups is 1. The second kappa shape index (κ2) is 6.64. The average Bonchev–Trinajstić information content (AvgIpc) is 2.43. The van der Waals surface area contributed by atoms with E-state index < -0.39 is 14.9 Å². The predicted molar refractivity (Wildman–Crippen MR) is 71.2 cm³/mol. The van der Waals surface area contributed by atoms with E-state index in [2.05, 4.69) is 0 Å². The van der Waals surface area contributed by atoms with Crippen molar-refractivity contribution in [1.82, 2.24) is 4.31 Å². The van der Waals surface area contributed by atoms with Crippen LogP contribution in [0.2, 0.25) is 0 Å². The number of nitro benzene ring substituents is 1. The van der Waals surface area contributed by atoms with Crippen molar-refractivity contribution in [3.63, 3.8) is 0 Å². The third-order valence-corrected chi connectivity index (χ3v) is 4.67. The molecule has 0 amide bonds. The number of ether oxygens (including phenoxy) is 1. The van der Waals surface area contributed by atoms with Crippen LogP contribution in [0.3, 0.4) is 0 Å². The molecule has 0 aromatic heterocycles. The number of non-ortho nitro benzene ring substituents is 1. The molecule has 0 aliphatic carbocycles. The van der Waals surface area contributed by atoms with E-state index in [0.29, 0.717) is 0 Å². The van der Waals surface area contributed by atoms with E-state index in [4.69, 9.17) is 9.84 Å². The van der Waals surface area contributed by atoms with Crippen LogP contribution in [0.15, 0.2) is 23.1 Å². The molecular weight excluding hydrogens is 288 g/mol. The Kier molecular flexibility index (Phi) is 5.43. The first kappa shape index (κ1) is 16.3. The molecule has 8 nitrogen and oxygen atoms in total. The van der Waals surface area contributed by atoms with Crippen LogP contribution in [0.25, 0.3) is 0 Å². The van der Waals surface area contributed by atoms with Crippen molar-refractivity contribution in [3.05, 3.63) is 28.3 Å². The molecule has 0 unspecified atom stereocenters. The molecule has 0 fully saturated rings. The monoisotopic (exact) mass is 304 g/mol. The van der Waals surface area contributed by atoms with Crippen LogP contribution >= 0.6 is 0 Å². The first-order valence-electron chi connectivity index (χ1n) is 5.81. The van der Waals surface area contributed by atoms with Crippen LogP contribution in [-0.2, 0) is 10.0 Å². The summed E-state index contributed by atoms with van der Waals surface area (Å²) in [5.74, 6) is 0.0204. The third-order valence-electron chi connectivity index (χ3n) is 2.68. The van der Waals surface area contributed by atoms with E-state index in [0.717, 1.165) is 10.4 Å². The minimum Gasteiger partial charge on any atom is -0.495 e. The number of benzene rings is 1. The van der Waals surface area contributed by atoms with Gasteiger partial charge in [0, 0.05) is 25.2 Å². The molecule has 0 radical (unpaired) electrons. The number of sulfonamides is 1. The maximum atomic E-state index is 12.4. The molecular formula is C11H16N2O6S. The topological polar surface area (TPSA) is 110 Å². The molecule has 1 rings (SSSR count). The molecule has 0 aliphatic heterocycles. The fourth-order valence-electron chi connectivity index (χ4n) is 1.68. The second-order valence-electron chi connectivity index (χ2n) is 3.81. The molecule has 0 atom stereocenters. The number of hydrogen-bond donors (Lipinski definition) is 1. The highest BCUT2D eigenvalue weighted by molar-refractivity contribution is 7.89. The Bertz CT molecular complexity index is 587. The minimum atomic E-state index is -3.97. The molecule has 112 valence electrons. The van der Waals surface area contributed by atoms with Gasteiger partial charge in [0.1, 0.15) is 10.6 Å². The van der Waals surface area contributed by atoms with Crippen molar-refractivity contribution in [1.29, 1.82) is 0 Å². The molecule has 1 aromatic rings. The summed E-state index contributed by atoms with van der Waals surface area (Å²) in [4.78, 5) is 9.79. The van der Waals surface area contributed by atoms with Crippen LogP contribution < -0.4 is 4.74 Å². The molecule has 1 N–H and O–H groups in total. The van der Waals surface area contributed by atoms with Crippen molar-refractivity contribution >= 4 is 15.7 Å². The Morgan fingerprint density at radius 1 is 1.45 bits per heavy atom. The predicted octanol–water partition coefficient (Wildman–Crippen LogP) is 0.606. The van der Waals surface area contributed by atoms with E-state index in [1.807, 2.05) is 0 Å². The maximum Gasteiger partial charge on any atom is 0.271 e. The van der Waals surface area contributed by atoms with Crippen molar-refractivity contribution in [3.8, 4) is 5.75 Å². The SMILES string of the molecule is CCN(CCO)S(=O)(=O)c1cc([N+](=O)[O-])ccc1OC. The van der Waals surface area contributed by atoms with Gasteiger partial charge >= 0.3 is 0 Å². The Balaban J connectivity index is 3.41. The highest BCUT2D eigenvalue weighted by atomic mass is 32.2. The zero-order valence-corrected chi connectivity index (χ0v) is 12.0. The van der Waals surface area contributed by atoms with Gasteiger partial charge in [-0.15, -0.1) is 0 Å². The van der Waals surface area contributed by atoms with Gasteiger partial charge in [-0.2, -0.15) is 4.31 Å². The molecule has 0 aliphatic rings. The highest BCUT2D eigenvalue weighted by Crippen LogP contribution is 2.30. The summed E-state index contributed by atoms with van der Waals surface area (Å²) >= 11 is 0. The Labute approximate surface area is 116 Å². The van der Waals surface area contributed by atoms with Crippen molar-refractivity contribution in [2.45, 2.75) is 11.8 Å². The lowest BCUT2D eigenvalue weighted by Crippen LogP contribution is -2.33. The van der Waals surface area contributed by atoms with Gasteiger partial charge in [-0.1, -0.05) is 6.92 Å². The van der Waals surface area contributed by atoms with Crippen LogP contribution in [0, 0.1) is 10.1 Å². The molecule has 20 heavy (non-hydrogen) atoms. The normalized spacial score (nSPS) is 11.6. The van der Waals surface area contributed by atoms with E-state index in [-0.39, 0.29) is 36.0 Å². The van der Waals surface area contributed by atoms with Gasteiger partial charge in [-0.05, 0) is 6.07 Å². The molecule has 0 saturated carbocycles. The number of nitrogens with zero attached hydrogens (tertiary/aromatic N) is 2.